The fourth-order valence-electron chi connectivity index (χ4n) is 2.46. The van der Waals surface area contributed by atoms with Crippen LogP contribution in [0, 0.1) is 6.92 Å². The minimum absolute atomic E-state index is 0.126. The number of carbonyl (C=O) groups excluding carboxylic acids is 2. The summed E-state index contributed by atoms with van der Waals surface area (Å²) in [6.45, 7) is 2.16. The lowest BCUT2D eigenvalue weighted by Crippen LogP contribution is -2.27. The lowest BCUT2D eigenvalue weighted by molar-refractivity contribution is -0.116. The van der Waals surface area contributed by atoms with Crippen LogP contribution in [0.3, 0.4) is 0 Å². The lowest BCUT2D eigenvalue weighted by Gasteiger charge is -2.14. The van der Waals surface area contributed by atoms with Crippen LogP contribution in [0.5, 0.6) is 11.5 Å². The van der Waals surface area contributed by atoms with Crippen LogP contribution >= 0.6 is 0 Å². The Morgan fingerprint density at radius 2 is 1.59 bits per heavy atom. The molecule has 2 aromatic carbocycles. The van der Waals surface area contributed by atoms with Gasteiger partial charge in [0.05, 0.1) is 20.8 Å². The van der Waals surface area contributed by atoms with Crippen molar-refractivity contribution in [2.75, 3.05) is 45.5 Å². The maximum absolute atomic E-state index is 12.7. The maximum Gasteiger partial charge on any atom is 0.255 e. The third-order valence-corrected chi connectivity index (χ3v) is 3.84. The molecule has 2 amide bonds. The minimum atomic E-state index is -0.299. The van der Waals surface area contributed by atoms with Crippen LogP contribution in [-0.2, 0) is 4.79 Å². The Hall–Kier alpha value is -3.06. The molecule has 0 heterocycles. The number of hydrogen-bond donors (Lipinski definition) is 2. The van der Waals surface area contributed by atoms with Crippen molar-refractivity contribution in [2.45, 2.75) is 6.92 Å². The molecular weight excluding hydrogens is 346 g/mol. The number of rotatable bonds is 7. The third-order valence-electron chi connectivity index (χ3n) is 3.84. The van der Waals surface area contributed by atoms with Crippen LogP contribution in [0.25, 0.3) is 0 Å². The van der Waals surface area contributed by atoms with Crippen LogP contribution in [0.1, 0.15) is 15.9 Å². The lowest BCUT2D eigenvalue weighted by atomic mass is 10.1. The Labute approximate surface area is 159 Å². The molecule has 7 heteroatoms. The molecule has 0 aromatic heterocycles. The molecule has 2 aromatic rings. The fraction of sp³-hybridized carbons (Fsp3) is 0.300. The molecule has 0 radical (unpaired) electrons. The molecule has 2 N–H and O–H groups in total. The summed E-state index contributed by atoms with van der Waals surface area (Å²) in [6.07, 6.45) is 0. The molecule has 0 saturated heterocycles. The summed E-state index contributed by atoms with van der Waals surface area (Å²) in [4.78, 5) is 26.4. The molecule has 7 nitrogen and oxygen atoms in total. The van der Waals surface area contributed by atoms with E-state index >= 15 is 0 Å². The monoisotopic (exact) mass is 371 g/mol. The van der Waals surface area contributed by atoms with Gasteiger partial charge in [-0.2, -0.15) is 0 Å². The van der Waals surface area contributed by atoms with Crippen molar-refractivity contribution in [3.05, 3.63) is 47.5 Å². The average Bonchev–Trinajstić information content (AvgIpc) is 2.63. The predicted molar refractivity (Wildman–Crippen MR) is 106 cm³/mol. The van der Waals surface area contributed by atoms with E-state index in [1.165, 1.54) is 14.2 Å². The summed E-state index contributed by atoms with van der Waals surface area (Å²) in [6, 6.07) is 10.3. The van der Waals surface area contributed by atoms with E-state index in [1.807, 2.05) is 27.1 Å². The van der Waals surface area contributed by atoms with E-state index in [2.05, 4.69) is 10.6 Å². The minimum Gasteiger partial charge on any atom is -0.497 e. The van der Waals surface area contributed by atoms with Gasteiger partial charge < -0.3 is 25.0 Å². The molecule has 27 heavy (non-hydrogen) atoms. The van der Waals surface area contributed by atoms with Crippen molar-refractivity contribution in [2.24, 2.45) is 0 Å². The highest BCUT2D eigenvalue weighted by Gasteiger charge is 2.12. The van der Waals surface area contributed by atoms with E-state index < -0.39 is 0 Å². The largest absolute Gasteiger partial charge is 0.497 e. The number of nitrogens with zero attached hydrogens (tertiary/aromatic N) is 1. The molecule has 0 unspecified atom stereocenters. The number of methoxy groups -OCH3 is 2. The zero-order valence-electron chi connectivity index (χ0n) is 16.3. The second-order valence-electron chi connectivity index (χ2n) is 6.37. The molecule has 0 aliphatic heterocycles. The fourth-order valence-corrected chi connectivity index (χ4v) is 2.46. The summed E-state index contributed by atoms with van der Waals surface area (Å²) < 4.78 is 10.4. The average molecular weight is 371 g/mol. The highest BCUT2D eigenvalue weighted by molar-refractivity contribution is 6.05. The summed E-state index contributed by atoms with van der Waals surface area (Å²) in [5.74, 6) is 0.632. The number of benzene rings is 2. The highest BCUT2D eigenvalue weighted by atomic mass is 16.5. The van der Waals surface area contributed by atoms with E-state index in [-0.39, 0.29) is 18.4 Å². The van der Waals surface area contributed by atoms with Crippen molar-refractivity contribution < 1.29 is 19.1 Å². The van der Waals surface area contributed by atoms with E-state index in [4.69, 9.17) is 9.47 Å². The Balaban J connectivity index is 2.20. The van der Waals surface area contributed by atoms with Gasteiger partial charge in [0.15, 0.2) is 0 Å². The van der Waals surface area contributed by atoms with Gasteiger partial charge in [-0.1, -0.05) is 6.07 Å². The molecule has 0 saturated carbocycles. The van der Waals surface area contributed by atoms with Crippen molar-refractivity contribution in [1.82, 2.24) is 4.90 Å². The van der Waals surface area contributed by atoms with Gasteiger partial charge in [0.2, 0.25) is 5.91 Å². The summed E-state index contributed by atoms with van der Waals surface area (Å²) in [7, 11) is 6.70. The number of nitrogens with one attached hydrogen (secondary N) is 2. The highest BCUT2D eigenvalue weighted by Crippen LogP contribution is 2.25. The first-order valence-electron chi connectivity index (χ1n) is 8.42. The van der Waals surface area contributed by atoms with Crippen molar-refractivity contribution in [3.63, 3.8) is 0 Å². The molecule has 0 fully saturated rings. The van der Waals surface area contributed by atoms with Crippen molar-refractivity contribution >= 4 is 23.2 Å². The zero-order valence-corrected chi connectivity index (χ0v) is 16.3. The summed E-state index contributed by atoms with van der Waals surface area (Å²) >= 11 is 0. The molecule has 0 aliphatic carbocycles. The SMILES string of the molecule is COc1cc(OC)cc(C(=O)Nc2cc(NC(=O)CN(C)C)ccc2C)c1. The van der Waals surface area contributed by atoms with Crippen LogP contribution in [0.4, 0.5) is 11.4 Å². The smallest absolute Gasteiger partial charge is 0.255 e. The van der Waals surface area contributed by atoms with Gasteiger partial charge in [0, 0.05) is 23.0 Å². The zero-order chi connectivity index (χ0) is 20.0. The van der Waals surface area contributed by atoms with Gasteiger partial charge >= 0.3 is 0 Å². The number of amides is 2. The number of ether oxygens (including phenoxy) is 2. The number of hydrogen-bond acceptors (Lipinski definition) is 5. The molecule has 0 atom stereocenters. The topological polar surface area (TPSA) is 79.9 Å². The van der Waals surface area contributed by atoms with Crippen LogP contribution in [0.2, 0.25) is 0 Å². The molecular formula is C20H25N3O4. The number of carbonyl (C=O) groups is 2. The summed E-state index contributed by atoms with van der Waals surface area (Å²) in [5, 5.41) is 5.69. The van der Waals surface area contributed by atoms with E-state index in [9.17, 15) is 9.59 Å². The van der Waals surface area contributed by atoms with Gasteiger partial charge in [-0.3, -0.25) is 9.59 Å². The molecule has 0 bridgehead atoms. The van der Waals surface area contributed by atoms with Gasteiger partial charge in [0.1, 0.15) is 11.5 Å². The van der Waals surface area contributed by atoms with E-state index in [0.29, 0.717) is 28.4 Å². The van der Waals surface area contributed by atoms with E-state index in [1.54, 1.807) is 35.2 Å². The van der Waals surface area contributed by atoms with Crippen LogP contribution in [-0.4, -0.2) is 51.6 Å². The van der Waals surface area contributed by atoms with Crippen LogP contribution in [0.15, 0.2) is 36.4 Å². The number of likely N-dealkylation sites (N-methyl/N-ethyl adjacent to an activating group) is 1. The van der Waals surface area contributed by atoms with Gasteiger partial charge in [-0.05, 0) is 50.8 Å². The molecule has 0 aliphatic rings. The standard InChI is InChI=1S/C20H25N3O4/c1-13-6-7-15(21-19(24)12-23(2)3)10-18(13)22-20(25)14-8-16(26-4)11-17(9-14)27-5/h6-11H,12H2,1-5H3,(H,21,24)(H,22,25). The predicted octanol–water partition coefficient (Wildman–Crippen LogP) is 2.76. The van der Waals surface area contributed by atoms with E-state index in [0.717, 1.165) is 5.56 Å². The quantitative estimate of drug-likeness (QED) is 0.782. The number of anilines is 2. The molecule has 144 valence electrons. The number of aryl methyl sites for hydroxylation is 1. The molecule has 2 rings (SSSR count). The van der Waals surface area contributed by atoms with Gasteiger partial charge in [-0.25, -0.2) is 0 Å². The normalized spacial score (nSPS) is 10.4. The Morgan fingerprint density at radius 3 is 2.15 bits per heavy atom. The Bertz CT molecular complexity index is 812. The molecule has 0 spiro atoms. The van der Waals surface area contributed by atoms with Crippen molar-refractivity contribution in [3.8, 4) is 11.5 Å². The first-order chi connectivity index (χ1) is 12.8. The van der Waals surface area contributed by atoms with Crippen molar-refractivity contribution in [1.29, 1.82) is 0 Å². The maximum atomic E-state index is 12.7. The third kappa shape index (κ3) is 5.72. The second kappa shape index (κ2) is 9.05. The summed E-state index contributed by atoms with van der Waals surface area (Å²) in [5.41, 5.74) is 2.52. The Morgan fingerprint density at radius 1 is 0.963 bits per heavy atom. The first kappa shape index (κ1) is 20.3. The Kier molecular flexibility index (Phi) is 6.79. The second-order valence-corrected chi connectivity index (χ2v) is 6.37. The van der Waals surface area contributed by atoms with Crippen LogP contribution < -0.4 is 20.1 Å². The first-order valence-corrected chi connectivity index (χ1v) is 8.42. The van der Waals surface area contributed by atoms with Gasteiger partial charge in [0.25, 0.3) is 5.91 Å². The van der Waals surface area contributed by atoms with Gasteiger partial charge in [-0.15, -0.1) is 0 Å².